The summed E-state index contributed by atoms with van der Waals surface area (Å²) in [5.41, 5.74) is 1.61. The summed E-state index contributed by atoms with van der Waals surface area (Å²) in [5, 5.41) is 4.09. The van der Waals surface area contributed by atoms with E-state index in [1.54, 1.807) is 7.11 Å². The lowest BCUT2D eigenvalue weighted by Crippen LogP contribution is -2.64. The molecule has 2 heterocycles. The Morgan fingerprint density at radius 2 is 1.90 bits per heavy atom. The lowest BCUT2D eigenvalue weighted by atomic mass is 9.94. The third-order valence-corrected chi connectivity index (χ3v) is 6.28. The van der Waals surface area contributed by atoms with E-state index in [9.17, 15) is 9.59 Å². The molecule has 0 bridgehead atoms. The highest BCUT2D eigenvalue weighted by Crippen LogP contribution is 2.40. The van der Waals surface area contributed by atoms with Crippen molar-refractivity contribution in [2.45, 2.75) is 44.4 Å². The molecule has 1 fully saturated rings. The van der Waals surface area contributed by atoms with Crippen molar-refractivity contribution >= 4 is 22.7 Å². The molecule has 5 rings (SSSR count). The normalized spacial score (nSPS) is 20.9. The maximum atomic E-state index is 13.5. The minimum Gasteiger partial charge on any atom is -0.496 e. The van der Waals surface area contributed by atoms with Crippen LogP contribution in [0.25, 0.3) is 10.9 Å². The van der Waals surface area contributed by atoms with Crippen LogP contribution in [-0.2, 0) is 17.9 Å². The number of nitrogens with one attached hydrogen (secondary N) is 1. The fraction of sp³-hybridized carbons (Fsp3) is 0.333. The fourth-order valence-electron chi connectivity index (χ4n) is 4.59. The van der Waals surface area contributed by atoms with Gasteiger partial charge in [-0.2, -0.15) is 0 Å². The number of methoxy groups -OCH3 is 1. The van der Waals surface area contributed by atoms with Crippen LogP contribution in [0.1, 0.15) is 35.8 Å². The molecular weight excluding hydrogens is 378 g/mol. The zero-order valence-electron chi connectivity index (χ0n) is 17.2. The number of hydrogen-bond acceptors (Lipinski definition) is 3. The van der Waals surface area contributed by atoms with E-state index in [1.807, 2.05) is 71.0 Å². The van der Waals surface area contributed by atoms with Crippen LogP contribution in [0.5, 0.6) is 5.75 Å². The van der Waals surface area contributed by atoms with Gasteiger partial charge in [-0.15, -0.1) is 0 Å². The topological polar surface area (TPSA) is 63.6 Å². The molecule has 1 N–H and O–H groups in total. The van der Waals surface area contributed by atoms with Crippen LogP contribution in [0.3, 0.4) is 0 Å². The Hall–Kier alpha value is -3.28. The average molecular weight is 403 g/mol. The van der Waals surface area contributed by atoms with Crippen molar-refractivity contribution in [1.82, 2.24) is 14.8 Å². The van der Waals surface area contributed by atoms with Crippen LogP contribution in [0.2, 0.25) is 0 Å². The molecule has 0 unspecified atom stereocenters. The molecule has 1 aliphatic carbocycles. The van der Waals surface area contributed by atoms with Crippen LogP contribution in [-0.4, -0.2) is 40.0 Å². The molecule has 6 heteroatoms. The largest absolute Gasteiger partial charge is 0.496 e. The highest BCUT2D eigenvalue weighted by molar-refractivity contribution is 6.04. The van der Waals surface area contributed by atoms with Gasteiger partial charge in [-0.1, -0.05) is 36.4 Å². The van der Waals surface area contributed by atoms with Crippen LogP contribution >= 0.6 is 0 Å². The number of carbonyl (C=O) groups is 2. The molecule has 2 amide bonds. The van der Waals surface area contributed by atoms with Gasteiger partial charge in [-0.3, -0.25) is 9.59 Å². The second-order valence-corrected chi connectivity index (χ2v) is 8.35. The molecule has 1 aromatic heterocycles. The van der Waals surface area contributed by atoms with Gasteiger partial charge in [-0.25, -0.2) is 0 Å². The van der Waals surface area contributed by atoms with Crippen molar-refractivity contribution in [2.75, 3.05) is 7.11 Å². The van der Waals surface area contributed by atoms with Crippen molar-refractivity contribution in [2.24, 2.45) is 0 Å². The highest BCUT2D eigenvalue weighted by atomic mass is 16.5. The van der Waals surface area contributed by atoms with Gasteiger partial charge < -0.3 is 19.5 Å². The van der Waals surface area contributed by atoms with E-state index in [2.05, 4.69) is 5.32 Å². The fourth-order valence-corrected chi connectivity index (χ4v) is 4.59. The lowest BCUT2D eigenvalue weighted by molar-refractivity contribution is -0.133. The third kappa shape index (κ3) is 2.86. The first kappa shape index (κ1) is 18.7. The van der Waals surface area contributed by atoms with Crippen LogP contribution in [0, 0.1) is 0 Å². The van der Waals surface area contributed by atoms with E-state index in [0.29, 0.717) is 18.8 Å². The quantitative estimate of drug-likeness (QED) is 0.711. The van der Waals surface area contributed by atoms with Crippen molar-refractivity contribution in [1.29, 1.82) is 0 Å². The molecule has 1 aliphatic heterocycles. The Labute approximate surface area is 175 Å². The summed E-state index contributed by atoms with van der Waals surface area (Å²) in [6, 6.07) is 17.7. The lowest BCUT2D eigenvalue weighted by Gasteiger charge is -2.44. The van der Waals surface area contributed by atoms with E-state index >= 15 is 0 Å². The van der Waals surface area contributed by atoms with E-state index in [4.69, 9.17) is 4.74 Å². The van der Waals surface area contributed by atoms with E-state index in [1.165, 1.54) is 0 Å². The van der Waals surface area contributed by atoms with Crippen molar-refractivity contribution < 1.29 is 14.3 Å². The molecule has 1 atom stereocenters. The molecule has 6 nitrogen and oxygen atoms in total. The zero-order chi connectivity index (χ0) is 20.9. The molecule has 0 saturated heterocycles. The van der Waals surface area contributed by atoms with E-state index in [-0.39, 0.29) is 17.9 Å². The second kappa shape index (κ2) is 6.90. The Morgan fingerprint density at radius 3 is 2.67 bits per heavy atom. The first-order chi connectivity index (χ1) is 14.5. The van der Waals surface area contributed by atoms with Gasteiger partial charge in [0.05, 0.1) is 13.7 Å². The Kier molecular flexibility index (Phi) is 4.31. The SMILES string of the molecule is COc1ccccc1CNC(=O)[C@@]1(C)Cn2c(cc3ccccc32)C(=O)N1C1CC1. The monoisotopic (exact) mass is 403 g/mol. The molecule has 154 valence electrons. The van der Waals surface area contributed by atoms with Gasteiger partial charge in [0.25, 0.3) is 5.91 Å². The van der Waals surface area contributed by atoms with E-state index in [0.717, 1.165) is 35.1 Å². The van der Waals surface area contributed by atoms with Gasteiger partial charge in [0.15, 0.2) is 0 Å². The smallest absolute Gasteiger partial charge is 0.271 e. The molecule has 1 saturated carbocycles. The van der Waals surface area contributed by atoms with E-state index < -0.39 is 5.54 Å². The summed E-state index contributed by atoms with van der Waals surface area (Å²) in [7, 11) is 1.62. The number of amides is 2. The van der Waals surface area contributed by atoms with Crippen molar-refractivity contribution in [3.8, 4) is 5.75 Å². The van der Waals surface area contributed by atoms with Crippen LogP contribution < -0.4 is 10.1 Å². The number of aromatic nitrogens is 1. The predicted molar refractivity (Wildman–Crippen MR) is 114 cm³/mol. The maximum Gasteiger partial charge on any atom is 0.271 e. The number of rotatable bonds is 5. The standard InChI is InChI=1S/C24H25N3O3/c1-24(23(29)25-14-17-8-4-6-10-21(17)30-2)15-26-19-9-5-3-7-16(19)13-20(26)22(28)27(24)18-11-12-18/h3-10,13,18H,11-12,14-15H2,1-2H3,(H,25,29)/t24-/m1/s1. The first-order valence-electron chi connectivity index (χ1n) is 10.3. The number of nitrogens with zero attached hydrogens (tertiary/aromatic N) is 2. The zero-order valence-corrected chi connectivity index (χ0v) is 17.2. The summed E-state index contributed by atoms with van der Waals surface area (Å²) in [5.74, 6) is 0.535. The first-order valence-corrected chi connectivity index (χ1v) is 10.3. The minimum atomic E-state index is -0.949. The van der Waals surface area contributed by atoms with Gasteiger partial charge in [-0.05, 0) is 38.0 Å². The van der Waals surface area contributed by atoms with Gasteiger partial charge in [0, 0.05) is 29.1 Å². The molecule has 0 spiro atoms. The minimum absolute atomic E-state index is 0.0603. The summed E-state index contributed by atoms with van der Waals surface area (Å²) in [6.07, 6.45) is 1.89. The van der Waals surface area contributed by atoms with Gasteiger partial charge >= 0.3 is 0 Å². The number of hydrogen-bond donors (Lipinski definition) is 1. The highest BCUT2D eigenvalue weighted by Gasteiger charge is 2.52. The summed E-state index contributed by atoms with van der Waals surface area (Å²) in [6.45, 7) is 2.68. The average Bonchev–Trinajstić information content (AvgIpc) is 3.52. The summed E-state index contributed by atoms with van der Waals surface area (Å²) in [4.78, 5) is 28.8. The van der Waals surface area contributed by atoms with Crippen molar-refractivity contribution in [3.05, 3.63) is 65.9 Å². The van der Waals surface area contributed by atoms with Crippen LogP contribution in [0.4, 0.5) is 0 Å². The Morgan fingerprint density at radius 1 is 1.17 bits per heavy atom. The van der Waals surface area contributed by atoms with Crippen LogP contribution in [0.15, 0.2) is 54.6 Å². The van der Waals surface area contributed by atoms with Gasteiger partial charge in [0.1, 0.15) is 17.0 Å². The number of fused-ring (bicyclic) bond motifs is 3. The third-order valence-electron chi connectivity index (χ3n) is 6.28. The second-order valence-electron chi connectivity index (χ2n) is 8.35. The molecule has 3 aromatic rings. The Balaban J connectivity index is 1.49. The molecule has 2 aliphatic rings. The number of carbonyl (C=O) groups excluding carboxylic acids is 2. The summed E-state index contributed by atoms with van der Waals surface area (Å²) < 4.78 is 7.40. The summed E-state index contributed by atoms with van der Waals surface area (Å²) >= 11 is 0. The van der Waals surface area contributed by atoms with Crippen molar-refractivity contribution in [3.63, 3.8) is 0 Å². The predicted octanol–water partition coefficient (Wildman–Crippen LogP) is 3.34. The Bertz CT molecular complexity index is 1150. The van der Waals surface area contributed by atoms with Gasteiger partial charge in [0.2, 0.25) is 5.91 Å². The molecule has 2 aromatic carbocycles. The maximum absolute atomic E-state index is 13.5. The number of ether oxygens (including phenoxy) is 1. The number of para-hydroxylation sites is 2. The molecular formula is C24H25N3O3. The molecule has 30 heavy (non-hydrogen) atoms. The molecule has 0 radical (unpaired) electrons. The number of benzene rings is 2.